The Morgan fingerprint density at radius 2 is 1.58 bits per heavy atom. The summed E-state index contributed by atoms with van der Waals surface area (Å²) in [4.78, 5) is -1.09. The Morgan fingerprint density at radius 3 is 2.00 bits per heavy atom. The molecule has 0 saturated carbocycles. The van der Waals surface area contributed by atoms with Crippen LogP contribution < -0.4 is 15.2 Å². The molecule has 1 aromatic carbocycles. The van der Waals surface area contributed by atoms with Gasteiger partial charge in [0, 0.05) is 6.07 Å². The van der Waals surface area contributed by atoms with Crippen LogP contribution >= 0.6 is 0 Å². The molecule has 0 aliphatic heterocycles. The third-order valence-electron chi connectivity index (χ3n) is 3.07. The molecular weight excluding hydrogens is 361 g/mol. The van der Waals surface area contributed by atoms with Crippen LogP contribution in [0.3, 0.4) is 0 Å². The van der Waals surface area contributed by atoms with Crippen molar-refractivity contribution in [1.29, 1.82) is 0 Å². The van der Waals surface area contributed by atoms with E-state index in [4.69, 9.17) is 15.2 Å². The van der Waals surface area contributed by atoms with Crippen LogP contribution in [0.4, 0.5) is 22.0 Å². The number of methoxy groups -OCH3 is 2. The fourth-order valence-electron chi connectivity index (χ4n) is 1.98. The monoisotopic (exact) mass is 377 g/mol. The molecule has 2 N–H and O–H groups in total. The molecular formula is C13H16F5NO4S. The van der Waals surface area contributed by atoms with Crippen molar-refractivity contribution in [2.75, 3.05) is 20.8 Å². The van der Waals surface area contributed by atoms with Crippen LogP contribution in [0.15, 0.2) is 17.0 Å². The highest BCUT2D eigenvalue weighted by Crippen LogP contribution is 2.43. The summed E-state index contributed by atoms with van der Waals surface area (Å²) in [5.41, 5.74) is 5.75. The first-order chi connectivity index (χ1) is 10.9. The molecule has 138 valence electrons. The van der Waals surface area contributed by atoms with Gasteiger partial charge in [-0.2, -0.15) is 22.0 Å². The molecule has 1 aromatic rings. The molecule has 0 atom stereocenters. The molecule has 0 heterocycles. The number of ether oxygens (including phenoxy) is 2. The van der Waals surface area contributed by atoms with E-state index >= 15 is 0 Å². The second kappa shape index (κ2) is 7.09. The molecule has 0 aromatic heterocycles. The van der Waals surface area contributed by atoms with E-state index in [-0.39, 0.29) is 18.7 Å². The van der Waals surface area contributed by atoms with E-state index in [1.54, 1.807) is 0 Å². The number of benzene rings is 1. The van der Waals surface area contributed by atoms with Gasteiger partial charge in [0.25, 0.3) is 0 Å². The fraction of sp³-hybridized carbons (Fsp3) is 0.538. The summed E-state index contributed by atoms with van der Waals surface area (Å²) < 4.78 is 98.1. The smallest absolute Gasteiger partial charge is 0.395 e. The van der Waals surface area contributed by atoms with Crippen molar-refractivity contribution in [3.8, 4) is 11.5 Å². The number of halogens is 5. The molecule has 5 nitrogen and oxygen atoms in total. The second-order valence-corrected chi connectivity index (χ2v) is 6.83. The van der Waals surface area contributed by atoms with Crippen LogP contribution in [0, 0.1) is 0 Å². The van der Waals surface area contributed by atoms with Crippen LogP contribution in [-0.2, 0) is 16.3 Å². The van der Waals surface area contributed by atoms with Crippen molar-refractivity contribution in [2.24, 2.45) is 5.73 Å². The van der Waals surface area contributed by atoms with E-state index in [0.717, 1.165) is 20.3 Å². The average molecular weight is 377 g/mol. The van der Waals surface area contributed by atoms with Crippen LogP contribution in [0.2, 0.25) is 0 Å². The summed E-state index contributed by atoms with van der Waals surface area (Å²) in [6, 6.07) is 1.81. The van der Waals surface area contributed by atoms with Crippen LogP contribution in [0.1, 0.15) is 12.0 Å². The first-order valence-electron chi connectivity index (χ1n) is 6.53. The summed E-state index contributed by atoms with van der Waals surface area (Å²) in [6.45, 7) is 0.149. The normalized spacial score (nSPS) is 13.0. The lowest BCUT2D eigenvalue weighted by atomic mass is 10.1. The minimum atomic E-state index is -5.67. The van der Waals surface area contributed by atoms with E-state index in [9.17, 15) is 30.4 Å². The number of hydrogen-bond acceptors (Lipinski definition) is 5. The third kappa shape index (κ3) is 4.26. The lowest BCUT2D eigenvalue weighted by molar-refractivity contribution is -0.167. The minimum absolute atomic E-state index is 0.0948. The van der Waals surface area contributed by atoms with Gasteiger partial charge in [-0.05, 0) is 24.6 Å². The average Bonchev–Trinajstić information content (AvgIpc) is 2.44. The number of rotatable bonds is 7. The van der Waals surface area contributed by atoms with Crippen molar-refractivity contribution >= 4 is 9.84 Å². The van der Waals surface area contributed by atoms with Gasteiger partial charge in [0.1, 0.15) is 22.8 Å². The van der Waals surface area contributed by atoms with Gasteiger partial charge in [-0.3, -0.25) is 0 Å². The van der Waals surface area contributed by atoms with Gasteiger partial charge in [-0.25, -0.2) is 8.42 Å². The van der Waals surface area contributed by atoms with E-state index in [1.807, 2.05) is 0 Å². The highest BCUT2D eigenvalue weighted by atomic mass is 32.2. The first kappa shape index (κ1) is 20.4. The van der Waals surface area contributed by atoms with Gasteiger partial charge in [-0.1, -0.05) is 0 Å². The lowest BCUT2D eigenvalue weighted by Gasteiger charge is -2.21. The molecule has 0 saturated heterocycles. The molecule has 0 amide bonds. The van der Waals surface area contributed by atoms with Crippen molar-refractivity contribution in [2.45, 2.75) is 29.2 Å². The highest BCUT2D eigenvalue weighted by molar-refractivity contribution is 7.92. The Kier molecular flexibility index (Phi) is 6.04. The molecule has 0 spiro atoms. The Morgan fingerprint density at radius 1 is 1.04 bits per heavy atom. The summed E-state index contributed by atoms with van der Waals surface area (Å²) in [7, 11) is -3.50. The zero-order valence-electron chi connectivity index (χ0n) is 12.8. The SMILES string of the molecule is COc1cc(S(=O)(=O)C(F)(F)CC(F)(F)F)c(OC)cc1CCN. The van der Waals surface area contributed by atoms with Crippen molar-refractivity contribution in [3.05, 3.63) is 17.7 Å². The van der Waals surface area contributed by atoms with Crippen molar-refractivity contribution < 1.29 is 39.8 Å². The minimum Gasteiger partial charge on any atom is -0.496 e. The predicted molar refractivity (Wildman–Crippen MR) is 75.1 cm³/mol. The first-order valence-corrected chi connectivity index (χ1v) is 8.02. The molecule has 0 aliphatic rings. The molecule has 0 unspecified atom stereocenters. The van der Waals surface area contributed by atoms with Crippen molar-refractivity contribution in [3.63, 3.8) is 0 Å². The summed E-state index contributed by atoms with van der Waals surface area (Å²) in [5.74, 6) is -0.608. The van der Waals surface area contributed by atoms with Gasteiger partial charge < -0.3 is 15.2 Å². The molecule has 0 aliphatic carbocycles. The molecule has 0 bridgehead atoms. The van der Waals surface area contributed by atoms with Gasteiger partial charge in [0.15, 0.2) is 0 Å². The molecule has 24 heavy (non-hydrogen) atoms. The van der Waals surface area contributed by atoms with E-state index < -0.39 is 38.3 Å². The van der Waals surface area contributed by atoms with Gasteiger partial charge in [0.2, 0.25) is 9.84 Å². The Bertz CT molecular complexity index is 688. The van der Waals surface area contributed by atoms with Crippen molar-refractivity contribution in [1.82, 2.24) is 0 Å². The number of sulfone groups is 1. The summed E-state index contributed by atoms with van der Waals surface area (Å²) in [6.07, 6.45) is -7.95. The van der Waals surface area contributed by atoms with E-state index in [1.165, 1.54) is 0 Å². The predicted octanol–water partition coefficient (Wildman–Crippen LogP) is 2.52. The topological polar surface area (TPSA) is 78.6 Å². The Balaban J connectivity index is 3.53. The summed E-state index contributed by atoms with van der Waals surface area (Å²) in [5, 5.41) is -5.06. The van der Waals surface area contributed by atoms with Crippen LogP contribution in [0.25, 0.3) is 0 Å². The fourth-order valence-corrected chi connectivity index (χ4v) is 3.33. The zero-order chi connectivity index (χ0) is 18.8. The van der Waals surface area contributed by atoms with Gasteiger partial charge >= 0.3 is 11.4 Å². The second-order valence-electron chi connectivity index (χ2n) is 4.79. The standard InChI is InChI=1S/C13H16F5NO4S/c1-22-9-6-11(10(23-2)5-8(9)3-4-19)24(20,21)13(17,18)7-12(14,15)16/h5-6H,3-4,7,19H2,1-2H3. The maximum atomic E-state index is 13.8. The third-order valence-corrected chi connectivity index (χ3v) is 4.90. The van der Waals surface area contributed by atoms with Gasteiger partial charge in [0.05, 0.1) is 14.2 Å². The largest absolute Gasteiger partial charge is 0.496 e. The van der Waals surface area contributed by atoms with E-state index in [0.29, 0.717) is 11.6 Å². The zero-order valence-corrected chi connectivity index (χ0v) is 13.6. The Hall–Kier alpha value is -1.62. The molecule has 11 heteroatoms. The summed E-state index contributed by atoms with van der Waals surface area (Å²) >= 11 is 0. The van der Waals surface area contributed by atoms with Crippen LogP contribution in [-0.4, -0.2) is 40.6 Å². The maximum absolute atomic E-state index is 13.8. The molecule has 1 rings (SSSR count). The Labute approximate surface area is 135 Å². The number of alkyl halides is 5. The number of nitrogens with two attached hydrogens (primary N) is 1. The maximum Gasteiger partial charge on any atom is 0.395 e. The van der Waals surface area contributed by atoms with Gasteiger partial charge in [-0.15, -0.1) is 0 Å². The lowest BCUT2D eigenvalue weighted by Crippen LogP contribution is -2.34. The molecule has 0 radical (unpaired) electrons. The number of hydrogen-bond donors (Lipinski definition) is 1. The molecule has 0 fully saturated rings. The van der Waals surface area contributed by atoms with Crippen LogP contribution in [0.5, 0.6) is 11.5 Å². The van der Waals surface area contributed by atoms with E-state index in [2.05, 4.69) is 0 Å². The highest BCUT2D eigenvalue weighted by Gasteiger charge is 2.54. The quantitative estimate of drug-likeness (QED) is 0.739.